The zero-order chi connectivity index (χ0) is 17.3. The number of thiophene rings is 1. The highest BCUT2D eigenvalue weighted by Crippen LogP contribution is 2.29. The van der Waals surface area contributed by atoms with E-state index >= 15 is 0 Å². The van der Waals surface area contributed by atoms with Crippen molar-refractivity contribution in [3.8, 4) is 0 Å². The maximum absolute atomic E-state index is 12.2. The van der Waals surface area contributed by atoms with Crippen LogP contribution in [0.25, 0.3) is 0 Å². The van der Waals surface area contributed by atoms with E-state index in [-0.39, 0.29) is 12.0 Å². The van der Waals surface area contributed by atoms with Crippen LogP contribution in [0.5, 0.6) is 0 Å². The molecule has 3 rings (SSSR count). The number of nitrogens with zero attached hydrogens (tertiary/aromatic N) is 2. The lowest BCUT2D eigenvalue weighted by molar-refractivity contribution is 0.0225. The quantitative estimate of drug-likeness (QED) is 0.880. The summed E-state index contributed by atoms with van der Waals surface area (Å²) in [5, 5.41) is 7.06. The Kier molecular flexibility index (Phi) is 4.60. The highest BCUT2D eigenvalue weighted by atomic mass is 32.1. The Labute approximate surface area is 148 Å². The maximum atomic E-state index is 12.2. The molecule has 8 heteroatoms. The molecule has 1 N–H and O–H groups in total. The number of carbonyl (C=O) groups excluding carboxylic acids is 2. The highest BCUT2D eigenvalue weighted by Gasteiger charge is 2.28. The Morgan fingerprint density at radius 3 is 2.83 bits per heavy atom. The molecular formula is C16H19N3O3S2. The predicted octanol–water partition coefficient (Wildman–Crippen LogP) is 3.75. The molecule has 2 aromatic rings. The first-order chi connectivity index (χ1) is 11.3. The van der Waals surface area contributed by atoms with Gasteiger partial charge in [0.25, 0.3) is 5.91 Å². The van der Waals surface area contributed by atoms with Crippen molar-refractivity contribution < 1.29 is 14.3 Å². The van der Waals surface area contributed by atoms with E-state index in [1.54, 1.807) is 16.3 Å². The van der Waals surface area contributed by atoms with E-state index in [0.29, 0.717) is 30.2 Å². The van der Waals surface area contributed by atoms with Crippen LogP contribution in [0.3, 0.4) is 0 Å². The molecule has 0 unspecified atom stereocenters. The Morgan fingerprint density at radius 1 is 1.38 bits per heavy atom. The van der Waals surface area contributed by atoms with Crippen LogP contribution in [-0.2, 0) is 17.7 Å². The maximum Gasteiger partial charge on any atom is 0.410 e. The van der Waals surface area contributed by atoms with E-state index in [9.17, 15) is 9.59 Å². The van der Waals surface area contributed by atoms with Gasteiger partial charge in [0.05, 0.1) is 17.8 Å². The molecule has 3 heterocycles. The highest BCUT2D eigenvalue weighted by molar-refractivity contribution is 7.16. The number of rotatable bonds is 2. The lowest BCUT2D eigenvalue weighted by Gasteiger charge is -2.29. The Bertz CT molecular complexity index is 747. The van der Waals surface area contributed by atoms with Crippen LogP contribution in [0, 0.1) is 0 Å². The summed E-state index contributed by atoms with van der Waals surface area (Å²) in [7, 11) is 0. The van der Waals surface area contributed by atoms with E-state index in [1.165, 1.54) is 22.7 Å². The van der Waals surface area contributed by atoms with Gasteiger partial charge in [0.2, 0.25) is 0 Å². The van der Waals surface area contributed by atoms with Gasteiger partial charge in [-0.3, -0.25) is 10.1 Å². The molecule has 0 aliphatic carbocycles. The molecule has 24 heavy (non-hydrogen) atoms. The fourth-order valence-corrected chi connectivity index (χ4v) is 3.95. The third-order valence-electron chi connectivity index (χ3n) is 3.39. The number of hydrogen-bond donors (Lipinski definition) is 1. The Hall–Kier alpha value is -1.93. The number of anilines is 1. The standard InChI is InChI=1S/C16H19N3O3S2/c1-16(2,3)22-15(21)19-6-4-11-12(8-19)24-14(17-11)18-13(20)10-5-7-23-9-10/h5,7,9H,4,6,8H2,1-3H3,(H,17,18,20). The molecule has 0 spiro atoms. The van der Waals surface area contributed by atoms with E-state index in [0.717, 1.165) is 10.6 Å². The first-order valence-corrected chi connectivity index (χ1v) is 9.38. The van der Waals surface area contributed by atoms with Crippen LogP contribution in [0.15, 0.2) is 16.8 Å². The van der Waals surface area contributed by atoms with Crippen molar-refractivity contribution in [2.24, 2.45) is 0 Å². The molecule has 0 radical (unpaired) electrons. The normalized spacial score (nSPS) is 14.2. The summed E-state index contributed by atoms with van der Waals surface area (Å²) < 4.78 is 5.42. The molecule has 128 valence electrons. The summed E-state index contributed by atoms with van der Waals surface area (Å²) in [5.74, 6) is -0.161. The van der Waals surface area contributed by atoms with Crippen LogP contribution in [0.4, 0.5) is 9.93 Å². The lowest BCUT2D eigenvalue weighted by atomic mass is 10.2. The van der Waals surface area contributed by atoms with Crippen molar-refractivity contribution >= 4 is 39.8 Å². The van der Waals surface area contributed by atoms with Crippen LogP contribution in [0.1, 0.15) is 41.7 Å². The van der Waals surface area contributed by atoms with Gasteiger partial charge < -0.3 is 9.64 Å². The fraction of sp³-hybridized carbons (Fsp3) is 0.438. The number of nitrogens with one attached hydrogen (secondary N) is 1. The average molecular weight is 365 g/mol. The largest absolute Gasteiger partial charge is 0.444 e. The van der Waals surface area contributed by atoms with Gasteiger partial charge in [-0.1, -0.05) is 11.3 Å². The number of ether oxygens (including phenoxy) is 1. The molecule has 2 amide bonds. The SMILES string of the molecule is CC(C)(C)OC(=O)N1CCc2nc(NC(=O)c3ccsc3)sc2C1. The molecule has 0 fully saturated rings. The topological polar surface area (TPSA) is 71.5 Å². The van der Waals surface area contributed by atoms with Gasteiger partial charge in [-0.25, -0.2) is 9.78 Å². The van der Waals surface area contributed by atoms with Gasteiger partial charge >= 0.3 is 6.09 Å². The fourth-order valence-electron chi connectivity index (χ4n) is 2.29. The molecule has 2 aromatic heterocycles. The summed E-state index contributed by atoms with van der Waals surface area (Å²) >= 11 is 2.89. The summed E-state index contributed by atoms with van der Waals surface area (Å²) in [4.78, 5) is 31.4. The van der Waals surface area contributed by atoms with E-state index < -0.39 is 5.60 Å². The van der Waals surface area contributed by atoms with E-state index in [2.05, 4.69) is 10.3 Å². The predicted molar refractivity (Wildman–Crippen MR) is 94.7 cm³/mol. The van der Waals surface area contributed by atoms with Gasteiger partial charge in [0.15, 0.2) is 5.13 Å². The summed E-state index contributed by atoms with van der Waals surface area (Å²) in [6.45, 7) is 6.60. The molecule has 1 aliphatic rings. The third kappa shape index (κ3) is 3.93. The summed E-state index contributed by atoms with van der Waals surface area (Å²) in [5.41, 5.74) is 1.06. The average Bonchev–Trinajstić information content (AvgIpc) is 3.13. The smallest absolute Gasteiger partial charge is 0.410 e. The number of fused-ring (bicyclic) bond motifs is 1. The molecule has 0 atom stereocenters. The minimum Gasteiger partial charge on any atom is -0.444 e. The van der Waals surface area contributed by atoms with Gasteiger partial charge in [-0.15, -0.1) is 0 Å². The minimum atomic E-state index is -0.509. The van der Waals surface area contributed by atoms with Crippen LogP contribution in [-0.4, -0.2) is 34.0 Å². The first kappa shape index (κ1) is 16.9. The number of hydrogen-bond acceptors (Lipinski definition) is 6. The summed E-state index contributed by atoms with van der Waals surface area (Å²) in [6, 6.07) is 1.78. The van der Waals surface area contributed by atoms with E-state index in [4.69, 9.17) is 4.74 Å². The van der Waals surface area contributed by atoms with Gasteiger partial charge in [-0.2, -0.15) is 11.3 Å². The van der Waals surface area contributed by atoms with Crippen LogP contribution < -0.4 is 5.32 Å². The Balaban J connectivity index is 1.66. The first-order valence-electron chi connectivity index (χ1n) is 7.62. The van der Waals surface area contributed by atoms with Crippen molar-refractivity contribution in [2.75, 3.05) is 11.9 Å². The zero-order valence-corrected chi connectivity index (χ0v) is 15.4. The van der Waals surface area contributed by atoms with E-state index in [1.807, 2.05) is 26.2 Å². The second kappa shape index (κ2) is 6.52. The number of carbonyl (C=O) groups is 2. The van der Waals surface area contributed by atoms with Crippen molar-refractivity contribution in [3.05, 3.63) is 33.0 Å². The molecule has 0 saturated heterocycles. The minimum absolute atomic E-state index is 0.161. The second-order valence-electron chi connectivity index (χ2n) is 6.51. The molecule has 0 saturated carbocycles. The van der Waals surface area contributed by atoms with Gasteiger partial charge in [0, 0.05) is 23.2 Å². The molecular weight excluding hydrogens is 346 g/mol. The monoisotopic (exact) mass is 365 g/mol. The van der Waals surface area contributed by atoms with Crippen molar-refractivity contribution in [3.63, 3.8) is 0 Å². The number of thiazole rings is 1. The van der Waals surface area contributed by atoms with Gasteiger partial charge in [-0.05, 0) is 32.2 Å². The van der Waals surface area contributed by atoms with Crippen molar-refractivity contribution in [1.82, 2.24) is 9.88 Å². The van der Waals surface area contributed by atoms with Crippen molar-refractivity contribution in [2.45, 2.75) is 39.3 Å². The van der Waals surface area contributed by atoms with Crippen LogP contribution in [0.2, 0.25) is 0 Å². The summed E-state index contributed by atoms with van der Waals surface area (Å²) in [6.07, 6.45) is 0.352. The molecule has 0 aromatic carbocycles. The number of amides is 2. The second-order valence-corrected chi connectivity index (χ2v) is 8.37. The van der Waals surface area contributed by atoms with Crippen LogP contribution >= 0.6 is 22.7 Å². The molecule has 1 aliphatic heterocycles. The lowest BCUT2D eigenvalue weighted by Crippen LogP contribution is -2.39. The number of aromatic nitrogens is 1. The Morgan fingerprint density at radius 2 is 2.17 bits per heavy atom. The van der Waals surface area contributed by atoms with Gasteiger partial charge in [0.1, 0.15) is 5.60 Å². The molecule has 6 nitrogen and oxygen atoms in total. The third-order valence-corrected chi connectivity index (χ3v) is 5.07. The van der Waals surface area contributed by atoms with Crippen molar-refractivity contribution in [1.29, 1.82) is 0 Å². The zero-order valence-electron chi connectivity index (χ0n) is 13.8. The molecule has 0 bridgehead atoms.